The zero-order valence-electron chi connectivity index (χ0n) is 7.68. The zero-order chi connectivity index (χ0) is 9.80. The number of allylic oxidation sites excluding steroid dienone is 2. The van der Waals surface area contributed by atoms with Gasteiger partial charge in [-0.05, 0) is 24.1 Å². The summed E-state index contributed by atoms with van der Waals surface area (Å²) < 4.78 is 0. The van der Waals surface area contributed by atoms with Crippen LogP contribution in [0.3, 0.4) is 0 Å². The molecule has 0 atom stereocenters. The lowest BCUT2D eigenvalue weighted by Gasteiger charge is -2.03. The number of rotatable bonds is 0. The molecule has 1 aliphatic heterocycles. The number of hydrogen-bond acceptors (Lipinski definition) is 3. The van der Waals surface area contributed by atoms with Crippen molar-refractivity contribution >= 4 is 18.0 Å². The normalized spacial score (nSPS) is 20.1. The van der Waals surface area contributed by atoms with Crippen molar-refractivity contribution in [3.05, 3.63) is 47.7 Å². The van der Waals surface area contributed by atoms with E-state index in [-0.39, 0.29) is 0 Å². The summed E-state index contributed by atoms with van der Waals surface area (Å²) in [6, 6.07) is 4.03. The Hall–Kier alpha value is -1.35. The molecule has 0 aliphatic carbocycles. The Labute approximate surface area is 87.5 Å². The van der Waals surface area contributed by atoms with Gasteiger partial charge in [-0.3, -0.25) is 4.99 Å². The van der Waals surface area contributed by atoms with Crippen LogP contribution in [0.15, 0.2) is 52.1 Å². The largest absolute Gasteiger partial charge is 0.250 e. The summed E-state index contributed by atoms with van der Waals surface area (Å²) in [4.78, 5) is 8.47. The first kappa shape index (κ1) is 9.21. The van der Waals surface area contributed by atoms with Crippen LogP contribution in [-0.4, -0.2) is 11.2 Å². The summed E-state index contributed by atoms with van der Waals surface area (Å²) >= 11 is 1.52. The number of fused-ring (bicyclic) bond motifs is 1. The smallest absolute Gasteiger partial charge is 0.106 e. The van der Waals surface area contributed by atoms with E-state index in [0.29, 0.717) is 0 Å². The van der Waals surface area contributed by atoms with E-state index in [1.165, 1.54) is 17.3 Å². The molecule has 2 nitrogen and oxygen atoms in total. The highest BCUT2D eigenvalue weighted by Crippen LogP contribution is 2.27. The van der Waals surface area contributed by atoms with E-state index in [0.717, 1.165) is 16.5 Å². The molecule has 14 heavy (non-hydrogen) atoms. The van der Waals surface area contributed by atoms with Crippen molar-refractivity contribution in [3.63, 3.8) is 0 Å². The molecule has 1 aromatic heterocycles. The maximum Gasteiger partial charge on any atom is 0.106 e. The lowest BCUT2D eigenvalue weighted by Crippen LogP contribution is -1.88. The van der Waals surface area contributed by atoms with Crippen molar-refractivity contribution in [1.29, 1.82) is 0 Å². The maximum atomic E-state index is 4.31. The Morgan fingerprint density at radius 3 is 3.29 bits per heavy atom. The second-order valence-electron chi connectivity index (χ2n) is 2.87. The summed E-state index contributed by atoms with van der Waals surface area (Å²) in [5.41, 5.74) is 1.22. The number of nitrogens with zero attached hydrogens (tertiary/aromatic N) is 2. The Balaban J connectivity index is 2.39. The Kier molecular flexibility index (Phi) is 2.79. The third-order valence-corrected chi connectivity index (χ3v) is 2.74. The maximum absolute atomic E-state index is 4.31. The van der Waals surface area contributed by atoms with Crippen molar-refractivity contribution in [1.82, 2.24) is 4.98 Å². The van der Waals surface area contributed by atoms with Crippen LogP contribution in [0.1, 0.15) is 5.56 Å². The minimum Gasteiger partial charge on any atom is -0.250 e. The van der Waals surface area contributed by atoms with Crippen molar-refractivity contribution in [2.45, 2.75) is 11.4 Å². The van der Waals surface area contributed by atoms with Crippen LogP contribution in [0.4, 0.5) is 0 Å². The molecule has 0 amide bonds. The van der Waals surface area contributed by atoms with Crippen molar-refractivity contribution in [2.75, 3.05) is 0 Å². The standard InChI is InChI=1S/C11H10N2S/c1-9-12-7-3-2-5-10-6-4-8-13-11(10)14-9/h2-4,6-8H,1,5H2/b3-2-,12-7-. The second kappa shape index (κ2) is 4.24. The molecule has 0 unspecified atom stereocenters. The van der Waals surface area contributed by atoms with E-state index in [1.54, 1.807) is 12.4 Å². The molecular weight excluding hydrogens is 192 g/mol. The van der Waals surface area contributed by atoms with Gasteiger partial charge in [0.1, 0.15) is 5.03 Å². The average molecular weight is 202 g/mol. The first-order chi connectivity index (χ1) is 6.86. The van der Waals surface area contributed by atoms with Gasteiger partial charge in [0.2, 0.25) is 0 Å². The molecule has 1 aliphatic rings. The fraction of sp³-hybridized carbons (Fsp3) is 0.0909. The van der Waals surface area contributed by atoms with Crippen LogP contribution in [-0.2, 0) is 6.42 Å². The van der Waals surface area contributed by atoms with Crippen LogP contribution in [0.25, 0.3) is 0 Å². The van der Waals surface area contributed by atoms with E-state index in [9.17, 15) is 0 Å². The molecule has 0 saturated heterocycles. The summed E-state index contributed by atoms with van der Waals surface area (Å²) in [5.74, 6) is 0. The highest BCUT2D eigenvalue weighted by Gasteiger charge is 2.04. The first-order valence-corrected chi connectivity index (χ1v) is 5.18. The van der Waals surface area contributed by atoms with Gasteiger partial charge in [-0.25, -0.2) is 4.98 Å². The van der Waals surface area contributed by atoms with Crippen LogP contribution in [0.5, 0.6) is 0 Å². The van der Waals surface area contributed by atoms with Gasteiger partial charge >= 0.3 is 0 Å². The molecular formula is C11H10N2S. The number of thioether (sulfide) groups is 1. The highest BCUT2D eigenvalue weighted by atomic mass is 32.2. The van der Waals surface area contributed by atoms with Crippen LogP contribution < -0.4 is 0 Å². The summed E-state index contributed by atoms with van der Waals surface area (Å²) in [5, 5.41) is 1.78. The van der Waals surface area contributed by atoms with Gasteiger partial charge < -0.3 is 0 Å². The van der Waals surface area contributed by atoms with Crippen LogP contribution in [0, 0.1) is 0 Å². The van der Waals surface area contributed by atoms with Crippen molar-refractivity contribution in [3.8, 4) is 0 Å². The van der Waals surface area contributed by atoms with E-state index < -0.39 is 0 Å². The average Bonchev–Trinajstić information content (AvgIpc) is 2.27. The molecule has 2 rings (SSSR count). The topological polar surface area (TPSA) is 25.2 Å². The highest BCUT2D eigenvalue weighted by molar-refractivity contribution is 8.03. The quantitative estimate of drug-likeness (QED) is 0.646. The monoisotopic (exact) mass is 202 g/mol. The molecule has 0 radical (unpaired) electrons. The summed E-state index contributed by atoms with van der Waals surface area (Å²) in [6.07, 6.45) is 8.47. The molecule has 0 fully saturated rings. The SMILES string of the molecule is C=C1/N=C\C=C/Cc2cccnc2S1. The predicted octanol–water partition coefficient (Wildman–Crippen LogP) is 2.83. The second-order valence-corrected chi connectivity index (χ2v) is 3.94. The molecule has 3 heteroatoms. The molecule has 1 aromatic rings. The molecule has 0 N–H and O–H groups in total. The number of aromatic nitrogens is 1. The Morgan fingerprint density at radius 1 is 1.43 bits per heavy atom. The van der Waals surface area contributed by atoms with Crippen molar-refractivity contribution in [2.24, 2.45) is 4.99 Å². The third-order valence-electron chi connectivity index (χ3n) is 1.84. The third kappa shape index (κ3) is 2.12. The van der Waals surface area contributed by atoms with Gasteiger partial charge in [-0.2, -0.15) is 0 Å². The predicted molar refractivity (Wildman–Crippen MR) is 60.6 cm³/mol. The van der Waals surface area contributed by atoms with E-state index in [4.69, 9.17) is 0 Å². The molecule has 2 heterocycles. The lowest BCUT2D eigenvalue weighted by atomic mass is 10.2. The summed E-state index contributed by atoms with van der Waals surface area (Å²) in [6.45, 7) is 3.85. The van der Waals surface area contributed by atoms with Gasteiger partial charge in [0.15, 0.2) is 0 Å². The number of pyridine rings is 1. The van der Waals surface area contributed by atoms with Gasteiger partial charge in [0.05, 0.1) is 5.03 Å². The first-order valence-electron chi connectivity index (χ1n) is 4.36. The molecule has 70 valence electrons. The van der Waals surface area contributed by atoms with Gasteiger partial charge in [-0.1, -0.05) is 30.5 Å². The molecule has 0 saturated carbocycles. The van der Waals surface area contributed by atoms with E-state index in [2.05, 4.69) is 28.7 Å². The Bertz CT molecular complexity index is 408. The minimum atomic E-state index is 0.775. The van der Waals surface area contributed by atoms with Gasteiger partial charge in [0.25, 0.3) is 0 Å². The zero-order valence-corrected chi connectivity index (χ0v) is 8.50. The van der Waals surface area contributed by atoms with Crippen molar-refractivity contribution < 1.29 is 0 Å². The van der Waals surface area contributed by atoms with E-state index in [1.807, 2.05) is 12.1 Å². The Morgan fingerprint density at radius 2 is 2.36 bits per heavy atom. The van der Waals surface area contributed by atoms with Gasteiger partial charge in [-0.15, -0.1) is 0 Å². The molecule has 0 bridgehead atoms. The van der Waals surface area contributed by atoms with Gasteiger partial charge in [0, 0.05) is 12.4 Å². The lowest BCUT2D eigenvalue weighted by molar-refractivity contribution is 1.04. The fourth-order valence-electron chi connectivity index (χ4n) is 1.19. The minimum absolute atomic E-state index is 0.775. The van der Waals surface area contributed by atoms with Crippen LogP contribution in [0.2, 0.25) is 0 Å². The summed E-state index contributed by atoms with van der Waals surface area (Å²) in [7, 11) is 0. The fourth-order valence-corrected chi connectivity index (χ4v) is 1.92. The molecule has 0 aromatic carbocycles. The van der Waals surface area contributed by atoms with E-state index >= 15 is 0 Å². The number of aliphatic imine (C=N–C) groups is 1. The number of hydrogen-bond donors (Lipinski definition) is 0. The van der Waals surface area contributed by atoms with Crippen LogP contribution >= 0.6 is 11.8 Å². The molecule has 0 spiro atoms.